The maximum absolute atomic E-state index is 11.4. The molecule has 0 heterocycles. The molecule has 0 N–H and O–H groups in total. The molecule has 0 aliphatic heterocycles. The third kappa shape index (κ3) is 2.29. The Morgan fingerprint density at radius 2 is 1.65 bits per heavy atom. The molecule has 0 bridgehead atoms. The minimum absolute atomic E-state index is 0.0778. The molecule has 0 atom stereocenters. The zero-order valence-corrected chi connectivity index (χ0v) is 12.7. The van der Waals surface area contributed by atoms with Gasteiger partial charge in [-0.1, -0.05) is 0 Å². The van der Waals surface area contributed by atoms with Crippen LogP contribution in [0.3, 0.4) is 0 Å². The molecule has 0 amide bonds. The monoisotopic (exact) mass is 376 g/mol. The number of hydrogen-bond donors (Lipinski definition) is 0. The van der Waals surface area contributed by atoms with Gasteiger partial charge in [0.1, 0.15) is 0 Å². The van der Waals surface area contributed by atoms with E-state index in [1.807, 2.05) is 28.3 Å². The Bertz CT molecular complexity index is 660. The van der Waals surface area contributed by atoms with Gasteiger partial charge in [-0.3, -0.25) is 0 Å². The average Bonchev–Trinajstić information content (AvgIpc) is 2.80. The van der Waals surface area contributed by atoms with Crippen LogP contribution in [0, 0.1) is 9.34 Å². The fraction of sp³-hybridized carbons (Fsp3) is 0.125. The van der Waals surface area contributed by atoms with Gasteiger partial charge in [-0.25, -0.2) is 0 Å². The minimum atomic E-state index is -1.15. The van der Waals surface area contributed by atoms with Gasteiger partial charge in [0, 0.05) is 0 Å². The van der Waals surface area contributed by atoms with Crippen molar-refractivity contribution in [1.82, 2.24) is 0 Å². The van der Waals surface area contributed by atoms with Crippen LogP contribution in [0.5, 0.6) is 0 Å². The van der Waals surface area contributed by atoms with Gasteiger partial charge in [-0.2, -0.15) is 0 Å². The zero-order valence-electron chi connectivity index (χ0n) is 10.5. The SMILES string of the molecule is N#C[I-]C(=O)OCC1c2ccccc2-c2ccccc21. The van der Waals surface area contributed by atoms with E-state index >= 15 is 0 Å². The number of carbonyl (C=O) groups excluding carboxylic acids is 1. The molecule has 0 saturated heterocycles. The van der Waals surface area contributed by atoms with Crippen LogP contribution in [0.1, 0.15) is 17.0 Å². The van der Waals surface area contributed by atoms with Crippen LogP contribution in [-0.2, 0) is 4.74 Å². The second kappa shape index (κ2) is 5.63. The number of fused-ring (bicyclic) bond motifs is 3. The first-order valence-corrected chi connectivity index (χ1v) is 8.35. The van der Waals surface area contributed by atoms with Crippen molar-refractivity contribution >= 4 is 3.98 Å². The molecule has 3 rings (SSSR count). The first-order valence-electron chi connectivity index (χ1n) is 6.19. The predicted octanol–water partition coefficient (Wildman–Crippen LogP) is 0.506. The Labute approximate surface area is 127 Å². The average molecular weight is 376 g/mol. The fourth-order valence-corrected chi connectivity index (χ4v) is 3.18. The molecule has 4 heteroatoms. The summed E-state index contributed by atoms with van der Waals surface area (Å²) in [6.07, 6.45) is 0. The number of benzene rings is 2. The summed E-state index contributed by atoms with van der Waals surface area (Å²) in [4.78, 5) is 11.4. The van der Waals surface area contributed by atoms with E-state index in [2.05, 4.69) is 24.3 Å². The van der Waals surface area contributed by atoms with Crippen molar-refractivity contribution in [2.75, 3.05) is 6.61 Å². The molecule has 0 spiro atoms. The van der Waals surface area contributed by atoms with E-state index in [1.165, 1.54) is 22.3 Å². The van der Waals surface area contributed by atoms with E-state index in [-0.39, 0.29) is 9.89 Å². The van der Waals surface area contributed by atoms with Crippen LogP contribution in [0.15, 0.2) is 48.5 Å². The van der Waals surface area contributed by atoms with E-state index < -0.39 is 21.2 Å². The predicted molar refractivity (Wildman–Crippen MR) is 70.7 cm³/mol. The summed E-state index contributed by atoms with van der Waals surface area (Å²) >= 11 is -1.15. The third-order valence-electron chi connectivity index (χ3n) is 3.45. The van der Waals surface area contributed by atoms with Crippen LogP contribution in [0.2, 0.25) is 0 Å². The van der Waals surface area contributed by atoms with Crippen LogP contribution in [0.25, 0.3) is 11.1 Å². The van der Waals surface area contributed by atoms with Gasteiger partial charge >= 0.3 is 127 Å². The van der Waals surface area contributed by atoms with Gasteiger partial charge in [-0.15, -0.1) is 0 Å². The molecule has 0 unspecified atom stereocenters. The van der Waals surface area contributed by atoms with Crippen LogP contribution >= 0.6 is 0 Å². The van der Waals surface area contributed by atoms with Gasteiger partial charge in [-0.05, 0) is 0 Å². The van der Waals surface area contributed by atoms with Crippen LogP contribution < -0.4 is 21.2 Å². The molecule has 1 aliphatic carbocycles. The molecule has 0 aromatic heterocycles. The van der Waals surface area contributed by atoms with Gasteiger partial charge in [0.05, 0.1) is 0 Å². The van der Waals surface area contributed by atoms with Gasteiger partial charge in [0.15, 0.2) is 0 Å². The standard InChI is InChI=1S/C16H11INO2/c18-10-17-16(19)20-9-15-13-7-3-1-5-11(13)12-6-2-4-8-14(12)15/h1-8,15H,9H2/q-1. The maximum atomic E-state index is 11.4. The summed E-state index contributed by atoms with van der Waals surface area (Å²) in [6, 6.07) is 16.4. The van der Waals surface area contributed by atoms with Crippen LogP contribution in [-0.4, -0.2) is 10.6 Å². The van der Waals surface area contributed by atoms with E-state index in [9.17, 15) is 4.79 Å². The first kappa shape index (κ1) is 13.1. The Morgan fingerprint density at radius 3 is 2.20 bits per heavy atom. The van der Waals surface area contributed by atoms with Crippen molar-refractivity contribution in [3.8, 4) is 15.2 Å². The van der Waals surface area contributed by atoms with E-state index in [4.69, 9.17) is 10.00 Å². The van der Waals surface area contributed by atoms with Gasteiger partial charge in [0.25, 0.3) is 0 Å². The molecule has 1 aliphatic rings. The van der Waals surface area contributed by atoms with Crippen molar-refractivity contribution in [1.29, 1.82) is 5.26 Å². The third-order valence-corrected chi connectivity index (χ3v) is 4.44. The molecule has 20 heavy (non-hydrogen) atoms. The molecule has 2 aromatic rings. The molecule has 2 aromatic carbocycles. The summed E-state index contributed by atoms with van der Waals surface area (Å²) in [5, 5.41) is 8.54. The van der Waals surface area contributed by atoms with Crippen molar-refractivity contribution in [3.05, 3.63) is 59.7 Å². The van der Waals surface area contributed by atoms with Crippen molar-refractivity contribution < 1.29 is 30.7 Å². The fourth-order valence-electron chi connectivity index (χ4n) is 2.65. The number of rotatable bonds is 3. The van der Waals surface area contributed by atoms with Crippen LogP contribution in [0.4, 0.5) is 4.79 Å². The number of nitrogens with zero attached hydrogens (tertiary/aromatic N) is 1. The number of hydrogen-bond acceptors (Lipinski definition) is 3. The van der Waals surface area contributed by atoms with Gasteiger partial charge < -0.3 is 0 Å². The molecule has 0 fully saturated rings. The summed E-state index contributed by atoms with van der Waals surface area (Å²) in [7, 11) is 0. The molecule has 100 valence electrons. The van der Waals surface area contributed by atoms with E-state index in [0.717, 1.165) is 0 Å². The summed E-state index contributed by atoms with van der Waals surface area (Å²) < 4.78 is 6.83. The number of halogens is 1. The second-order valence-electron chi connectivity index (χ2n) is 4.45. The molecular weight excluding hydrogens is 365 g/mol. The number of ether oxygens (including phenoxy) is 1. The van der Waals surface area contributed by atoms with E-state index in [0.29, 0.717) is 6.61 Å². The molecule has 0 radical (unpaired) electrons. The number of nitriles is 1. The van der Waals surface area contributed by atoms with Crippen molar-refractivity contribution in [3.63, 3.8) is 0 Å². The topological polar surface area (TPSA) is 50.1 Å². The summed E-state index contributed by atoms with van der Waals surface area (Å²) in [6.45, 7) is 0.314. The van der Waals surface area contributed by atoms with Crippen molar-refractivity contribution in [2.24, 2.45) is 0 Å². The van der Waals surface area contributed by atoms with Gasteiger partial charge in [0.2, 0.25) is 0 Å². The Balaban J connectivity index is 1.91. The Morgan fingerprint density at radius 1 is 1.10 bits per heavy atom. The summed E-state index contributed by atoms with van der Waals surface area (Å²) in [5.74, 6) is 0.0778. The molecule has 3 nitrogen and oxygen atoms in total. The number of carbonyl (C=O) groups is 1. The van der Waals surface area contributed by atoms with Crippen molar-refractivity contribution in [2.45, 2.75) is 5.92 Å². The quantitative estimate of drug-likeness (QED) is 0.580. The Kier molecular flexibility index (Phi) is 3.70. The summed E-state index contributed by atoms with van der Waals surface area (Å²) in [5.41, 5.74) is 4.80. The molecular formula is C16H11INO2-. The second-order valence-corrected chi connectivity index (χ2v) is 6.36. The zero-order chi connectivity index (χ0) is 13.9. The first-order chi connectivity index (χ1) is 9.81. The Hall–Kier alpha value is -1.87. The normalized spacial score (nSPS) is 12.6. The molecule has 0 saturated carbocycles. The van der Waals surface area contributed by atoms with E-state index in [1.54, 1.807) is 0 Å².